The molecule has 3 nitrogen and oxygen atoms in total. The summed E-state index contributed by atoms with van der Waals surface area (Å²) in [7, 11) is 0. The Morgan fingerprint density at radius 3 is 2.29 bits per heavy atom. The summed E-state index contributed by atoms with van der Waals surface area (Å²) in [5.41, 5.74) is 0. The van der Waals surface area contributed by atoms with Crippen molar-refractivity contribution in [1.82, 2.24) is 10.2 Å². The number of piperidine rings is 1. The van der Waals surface area contributed by atoms with Crippen LogP contribution in [0.2, 0.25) is 0 Å². The summed E-state index contributed by atoms with van der Waals surface area (Å²) in [6.45, 7) is 8.46. The molecule has 1 fully saturated rings. The highest BCUT2D eigenvalue weighted by atomic mass is 15.2. The molecule has 80 valence electrons. The maximum absolute atomic E-state index is 8.79. The van der Waals surface area contributed by atoms with E-state index in [4.69, 9.17) is 5.26 Å². The fourth-order valence-electron chi connectivity index (χ4n) is 2.01. The molecule has 1 aliphatic heterocycles. The van der Waals surface area contributed by atoms with Gasteiger partial charge in [-0.3, -0.25) is 4.90 Å². The van der Waals surface area contributed by atoms with E-state index in [1.54, 1.807) is 0 Å². The molecular weight excluding hydrogens is 174 g/mol. The predicted octanol–water partition coefficient (Wildman–Crippen LogP) is 1.36. The smallest absolute Gasteiger partial charge is 0.0949 e. The Morgan fingerprint density at radius 1 is 1.29 bits per heavy atom. The maximum atomic E-state index is 8.79. The van der Waals surface area contributed by atoms with Crippen molar-refractivity contribution in [2.75, 3.05) is 13.1 Å². The summed E-state index contributed by atoms with van der Waals surface area (Å²) in [5.74, 6) is 0. The summed E-state index contributed by atoms with van der Waals surface area (Å²) in [6.07, 6.45) is 2.34. The maximum Gasteiger partial charge on any atom is 0.0949 e. The second-order valence-corrected chi connectivity index (χ2v) is 4.44. The van der Waals surface area contributed by atoms with Crippen LogP contribution in [0.1, 0.15) is 33.6 Å². The molecule has 1 atom stereocenters. The van der Waals surface area contributed by atoms with Crippen LogP contribution in [0.3, 0.4) is 0 Å². The van der Waals surface area contributed by atoms with Gasteiger partial charge in [0.25, 0.3) is 0 Å². The number of hydrogen-bond donors (Lipinski definition) is 1. The van der Waals surface area contributed by atoms with Gasteiger partial charge in [-0.15, -0.1) is 0 Å². The third-order valence-electron chi connectivity index (χ3n) is 2.83. The van der Waals surface area contributed by atoms with Crippen LogP contribution in [0.15, 0.2) is 0 Å². The van der Waals surface area contributed by atoms with Crippen LogP contribution in [-0.2, 0) is 0 Å². The standard InChI is InChI=1S/C11H21N3/c1-9(2)13-11-4-6-14(7-5-11)10(3)8-12/h9-11,13H,4-7H2,1-3H3. The van der Waals surface area contributed by atoms with Gasteiger partial charge in [-0.2, -0.15) is 5.26 Å². The van der Waals surface area contributed by atoms with Crippen LogP contribution in [0.4, 0.5) is 0 Å². The van der Waals surface area contributed by atoms with E-state index in [1.165, 1.54) is 12.8 Å². The molecule has 1 aliphatic rings. The fraction of sp³-hybridized carbons (Fsp3) is 0.909. The van der Waals surface area contributed by atoms with Crippen LogP contribution >= 0.6 is 0 Å². The minimum atomic E-state index is 0.0787. The summed E-state index contributed by atoms with van der Waals surface area (Å²) < 4.78 is 0. The minimum Gasteiger partial charge on any atom is -0.312 e. The highest BCUT2D eigenvalue weighted by Crippen LogP contribution is 2.13. The quantitative estimate of drug-likeness (QED) is 0.739. The lowest BCUT2D eigenvalue weighted by Gasteiger charge is -2.34. The average molecular weight is 195 g/mol. The van der Waals surface area contributed by atoms with Crippen molar-refractivity contribution in [1.29, 1.82) is 5.26 Å². The molecule has 14 heavy (non-hydrogen) atoms. The summed E-state index contributed by atoms with van der Waals surface area (Å²) in [6, 6.07) is 3.59. The van der Waals surface area contributed by atoms with Gasteiger partial charge in [0, 0.05) is 25.2 Å². The van der Waals surface area contributed by atoms with E-state index in [0.29, 0.717) is 12.1 Å². The third-order valence-corrected chi connectivity index (χ3v) is 2.83. The molecule has 0 aromatic rings. The third kappa shape index (κ3) is 3.28. The lowest BCUT2D eigenvalue weighted by Crippen LogP contribution is -2.47. The number of likely N-dealkylation sites (tertiary alicyclic amines) is 1. The lowest BCUT2D eigenvalue weighted by atomic mass is 10.0. The zero-order chi connectivity index (χ0) is 10.6. The van der Waals surface area contributed by atoms with Crippen LogP contribution in [0.5, 0.6) is 0 Å². The van der Waals surface area contributed by atoms with E-state index in [-0.39, 0.29) is 6.04 Å². The molecule has 0 aliphatic carbocycles. The molecule has 0 saturated carbocycles. The van der Waals surface area contributed by atoms with Crippen LogP contribution in [-0.4, -0.2) is 36.1 Å². The highest BCUT2D eigenvalue weighted by molar-refractivity contribution is 4.91. The molecule has 0 amide bonds. The van der Waals surface area contributed by atoms with Gasteiger partial charge < -0.3 is 5.32 Å². The van der Waals surface area contributed by atoms with E-state index < -0.39 is 0 Å². The molecule has 1 N–H and O–H groups in total. The molecule has 1 saturated heterocycles. The van der Waals surface area contributed by atoms with Crippen LogP contribution in [0, 0.1) is 11.3 Å². The average Bonchev–Trinajstić information content (AvgIpc) is 2.17. The first-order chi connectivity index (χ1) is 6.63. The van der Waals surface area contributed by atoms with Crippen molar-refractivity contribution in [2.24, 2.45) is 0 Å². The van der Waals surface area contributed by atoms with E-state index in [0.717, 1.165) is 13.1 Å². The molecular formula is C11H21N3. The van der Waals surface area contributed by atoms with Crippen molar-refractivity contribution in [3.05, 3.63) is 0 Å². The van der Waals surface area contributed by atoms with Gasteiger partial charge in [-0.25, -0.2) is 0 Å². The van der Waals surface area contributed by atoms with Crippen molar-refractivity contribution < 1.29 is 0 Å². The molecule has 0 aromatic carbocycles. The van der Waals surface area contributed by atoms with Crippen LogP contribution in [0.25, 0.3) is 0 Å². The van der Waals surface area contributed by atoms with Gasteiger partial charge in [-0.05, 0) is 19.8 Å². The Balaban J connectivity index is 2.28. The monoisotopic (exact) mass is 195 g/mol. The Hall–Kier alpha value is -0.590. The molecule has 0 spiro atoms. The Labute approximate surface area is 87.1 Å². The van der Waals surface area contributed by atoms with E-state index in [2.05, 4.69) is 30.1 Å². The van der Waals surface area contributed by atoms with Crippen molar-refractivity contribution >= 4 is 0 Å². The number of nitrogens with one attached hydrogen (secondary N) is 1. The highest BCUT2D eigenvalue weighted by Gasteiger charge is 2.22. The Bertz CT molecular complexity index is 199. The van der Waals surface area contributed by atoms with E-state index in [1.807, 2.05) is 6.92 Å². The first-order valence-electron chi connectivity index (χ1n) is 5.53. The molecule has 3 heteroatoms. The summed E-state index contributed by atoms with van der Waals surface area (Å²) in [5, 5.41) is 12.3. The van der Waals surface area contributed by atoms with Gasteiger partial charge in [0.05, 0.1) is 12.1 Å². The second-order valence-electron chi connectivity index (χ2n) is 4.44. The number of rotatable bonds is 3. The second kappa shape index (κ2) is 5.33. The first kappa shape index (κ1) is 11.5. The molecule has 0 bridgehead atoms. The largest absolute Gasteiger partial charge is 0.312 e. The molecule has 0 radical (unpaired) electrons. The summed E-state index contributed by atoms with van der Waals surface area (Å²) in [4.78, 5) is 2.26. The predicted molar refractivity (Wildman–Crippen MR) is 57.9 cm³/mol. The fourth-order valence-corrected chi connectivity index (χ4v) is 2.01. The Kier molecular flexibility index (Phi) is 4.37. The molecule has 1 rings (SSSR count). The molecule has 1 unspecified atom stereocenters. The molecule has 0 aromatic heterocycles. The minimum absolute atomic E-state index is 0.0787. The van der Waals surface area contributed by atoms with Gasteiger partial charge in [0.15, 0.2) is 0 Å². The van der Waals surface area contributed by atoms with Crippen molar-refractivity contribution in [3.63, 3.8) is 0 Å². The van der Waals surface area contributed by atoms with Gasteiger partial charge in [0.1, 0.15) is 0 Å². The topological polar surface area (TPSA) is 39.1 Å². The van der Waals surface area contributed by atoms with Crippen molar-refractivity contribution in [3.8, 4) is 6.07 Å². The lowest BCUT2D eigenvalue weighted by molar-refractivity contribution is 0.174. The molecule has 1 heterocycles. The normalized spacial score (nSPS) is 22.2. The van der Waals surface area contributed by atoms with E-state index in [9.17, 15) is 0 Å². The van der Waals surface area contributed by atoms with Gasteiger partial charge in [-0.1, -0.05) is 13.8 Å². The van der Waals surface area contributed by atoms with Crippen LogP contribution < -0.4 is 5.32 Å². The number of nitrogens with zero attached hydrogens (tertiary/aromatic N) is 2. The van der Waals surface area contributed by atoms with Gasteiger partial charge in [0.2, 0.25) is 0 Å². The number of hydrogen-bond acceptors (Lipinski definition) is 3. The van der Waals surface area contributed by atoms with Crippen molar-refractivity contribution in [2.45, 2.75) is 51.7 Å². The van der Waals surface area contributed by atoms with Gasteiger partial charge >= 0.3 is 0 Å². The first-order valence-corrected chi connectivity index (χ1v) is 5.53. The zero-order valence-corrected chi connectivity index (χ0v) is 9.45. The summed E-state index contributed by atoms with van der Waals surface area (Å²) >= 11 is 0. The SMILES string of the molecule is CC(C)NC1CCN(C(C)C#N)CC1. The number of nitriles is 1. The van der Waals surface area contributed by atoms with E-state index >= 15 is 0 Å². The Morgan fingerprint density at radius 2 is 1.86 bits per heavy atom. The zero-order valence-electron chi connectivity index (χ0n) is 9.45.